The van der Waals surface area contributed by atoms with Gasteiger partial charge in [-0.2, -0.15) is 0 Å². The van der Waals surface area contributed by atoms with E-state index >= 15 is 0 Å². The second-order valence-electron chi connectivity index (χ2n) is 4.52. The zero-order chi connectivity index (χ0) is 14.8. The minimum absolute atomic E-state index is 0. The highest BCUT2D eigenvalue weighted by Crippen LogP contribution is 2.25. The molecule has 1 saturated heterocycles. The van der Waals surface area contributed by atoms with Gasteiger partial charge in [0.15, 0.2) is 0 Å². The van der Waals surface area contributed by atoms with E-state index in [1.54, 1.807) is 11.0 Å². The van der Waals surface area contributed by atoms with Gasteiger partial charge in [-0.15, -0.1) is 23.7 Å². The number of piperazine rings is 1. The molecule has 1 aromatic rings. The van der Waals surface area contributed by atoms with Crippen LogP contribution in [0.4, 0.5) is 0 Å². The quantitative estimate of drug-likeness (QED) is 0.765. The van der Waals surface area contributed by atoms with Crippen LogP contribution in [0.25, 0.3) is 0 Å². The fourth-order valence-electron chi connectivity index (χ4n) is 1.98. The van der Waals surface area contributed by atoms with Crippen molar-refractivity contribution in [1.82, 2.24) is 14.9 Å². The third-order valence-corrected chi connectivity index (χ3v) is 6.57. The second-order valence-corrected chi connectivity index (χ2v) is 8.98. The number of nitrogens with zero attached hydrogens (tertiary/aromatic N) is 1. The summed E-state index contributed by atoms with van der Waals surface area (Å²) in [5, 5.41) is 3.18. The highest BCUT2D eigenvalue weighted by molar-refractivity contribution is 9.11. The van der Waals surface area contributed by atoms with Crippen molar-refractivity contribution in [1.29, 1.82) is 0 Å². The molecule has 2 N–H and O–H groups in total. The Kier molecular flexibility index (Phi) is 7.08. The molecule has 1 fully saturated rings. The molecule has 0 radical (unpaired) electrons. The average molecular weight is 419 g/mol. The van der Waals surface area contributed by atoms with E-state index in [9.17, 15) is 13.2 Å². The van der Waals surface area contributed by atoms with Crippen LogP contribution in [0.5, 0.6) is 0 Å². The van der Waals surface area contributed by atoms with Crippen LogP contribution >= 0.6 is 39.7 Å². The van der Waals surface area contributed by atoms with Crippen molar-refractivity contribution in [3.63, 3.8) is 0 Å². The zero-order valence-corrected chi connectivity index (χ0v) is 15.4. The van der Waals surface area contributed by atoms with Crippen LogP contribution in [0.3, 0.4) is 0 Å². The van der Waals surface area contributed by atoms with E-state index in [1.165, 1.54) is 6.07 Å². The van der Waals surface area contributed by atoms with E-state index in [0.717, 1.165) is 28.2 Å². The predicted molar refractivity (Wildman–Crippen MR) is 88.5 cm³/mol. The van der Waals surface area contributed by atoms with Gasteiger partial charge < -0.3 is 10.2 Å². The van der Waals surface area contributed by atoms with Crippen molar-refractivity contribution in [2.75, 3.05) is 26.2 Å². The van der Waals surface area contributed by atoms with Gasteiger partial charge in [0.2, 0.25) is 5.91 Å². The number of sulfonamides is 1. The van der Waals surface area contributed by atoms with Gasteiger partial charge in [-0.3, -0.25) is 4.79 Å². The van der Waals surface area contributed by atoms with Crippen molar-refractivity contribution < 1.29 is 13.2 Å². The smallest absolute Gasteiger partial charge is 0.250 e. The zero-order valence-electron chi connectivity index (χ0n) is 11.3. The van der Waals surface area contributed by atoms with Crippen molar-refractivity contribution >= 4 is 55.6 Å². The average Bonchev–Trinajstić information content (AvgIpc) is 2.84. The molecule has 0 spiro atoms. The molecule has 120 valence electrons. The summed E-state index contributed by atoms with van der Waals surface area (Å²) in [6, 6.07) is 3.26. The summed E-state index contributed by atoms with van der Waals surface area (Å²) in [5.41, 5.74) is 0. The molecule has 10 heteroatoms. The molecule has 0 unspecified atom stereocenters. The number of carbonyl (C=O) groups excluding carboxylic acids is 1. The number of thiophene rings is 1. The van der Waals surface area contributed by atoms with Gasteiger partial charge in [0.25, 0.3) is 10.0 Å². The number of amides is 1. The summed E-state index contributed by atoms with van der Waals surface area (Å²) in [4.78, 5) is 13.8. The van der Waals surface area contributed by atoms with Gasteiger partial charge in [-0.1, -0.05) is 0 Å². The lowest BCUT2D eigenvalue weighted by atomic mass is 10.2. The van der Waals surface area contributed by atoms with Crippen LogP contribution < -0.4 is 10.0 Å². The predicted octanol–water partition coefficient (Wildman–Crippen LogP) is 1.03. The molecular weight excluding hydrogens is 402 g/mol. The number of hydrogen-bond donors (Lipinski definition) is 2. The van der Waals surface area contributed by atoms with Crippen molar-refractivity contribution in [3.05, 3.63) is 15.9 Å². The molecule has 1 atom stereocenters. The summed E-state index contributed by atoms with van der Waals surface area (Å²) >= 11 is 4.33. The number of hydrogen-bond acceptors (Lipinski definition) is 5. The molecule has 1 aromatic heterocycles. The Morgan fingerprint density at radius 2 is 2.29 bits per heavy atom. The maximum absolute atomic E-state index is 12.1. The number of nitrogens with one attached hydrogen (secondary N) is 2. The normalized spacial score (nSPS) is 19.1. The van der Waals surface area contributed by atoms with Gasteiger partial charge in [-0.25, -0.2) is 13.1 Å². The molecule has 0 aromatic carbocycles. The molecular formula is C11H17BrClN3O3S2. The van der Waals surface area contributed by atoms with E-state index in [-0.39, 0.29) is 35.1 Å². The molecule has 1 aliphatic heterocycles. The monoisotopic (exact) mass is 417 g/mol. The molecule has 21 heavy (non-hydrogen) atoms. The number of rotatable bonds is 4. The van der Waals surface area contributed by atoms with Crippen molar-refractivity contribution in [2.45, 2.75) is 17.2 Å². The van der Waals surface area contributed by atoms with Gasteiger partial charge in [-0.05, 0) is 35.0 Å². The molecule has 2 heterocycles. The van der Waals surface area contributed by atoms with Crippen LogP contribution in [0, 0.1) is 0 Å². The van der Waals surface area contributed by atoms with Crippen LogP contribution in [-0.4, -0.2) is 51.4 Å². The molecule has 1 aliphatic rings. The Labute approximate surface area is 142 Å². The molecule has 1 amide bonds. The fraction of sp³-hybridized carbons (Fsp3) is 0.545. The maximum atomic E-state index is 12.1. The summed E-state index contributed by atoms with van der Waals surface area (Å²) in [6.45, 7) is 3.81. The summed E-state index contributed by atoms with van der Waals surface area (Å²) in [5.74, 6) is -0.196. The Hall–Kier alpha value is -0.190. The van der Waals surface area contributed by atoms with E-state index in [1.807, 2.05) is 6.92 Å². The SMILES string of the molecule is C[C@H]1CNCCN1C(=O)CNS(=O)(=O)c1ccc(Br)s1.Cl. The Morgan fingerprint density at radius 1 is 1.57 bits per heavy atom. The third kappa shape index (κ3) is 4.90. The minimum Gasteiger partial charge on any atom is -0.336 e. The van der Waals surface area contributed by atoms with Crippen LogP contribution in [-0.2, 0) is 14.8 Å². The first-order valence-corrected chi connectivity index (χ1v) is 9.24. The van der Waals surface area contributed by atoms with E-state index in [4.69, 9.17) is 0 Å². The van der Waals surface area contributed by atoms with Gasteiger partial charge in [0.1, 0.15) is 4.21 Å². The molecule has 0 bridgehead atoms. The lowest BCUT2D eigenvalue weighted by Gasteiger charge is -2.34. The van der Waals surface area contributed by atoms with Gasteiger partial charge in [0, 0.05) is 25.7 Å². The summed E-state index contributed by atoms with van der Waals surface area (Å²) < 4.78 is 27.3. The van der Waals surface area contributed by atoms with Crippen molar-refractivity contribution in [3.8, 4) is 0 Å². The standard InChI is InChI=1S/C11H16BrN3O3S2.ClH/c1-8-6-13-4-5-15(8)10(16)7-14-20(17,18)11-3-2-9(12)19-11;/h2-3,8,13-14H,4-7H2,1H3;1H/t8-;/m0./s1. The summed E-state index contributed by atoms with van der Waals surface area (Å²) in [7, 11) is -3.62. The highest BCUT2D eigenvalue weighted by atomic mass is 79.9. The van der Waals surface area contributed by atoms with Crippen LogP contribution in [0.15, 0.2) is 20.1 Å². The fourth-order valence-corrected chi connectivity index (χ4v) is 5.01. The number of halogens is 2. The first-order chi connectivity index (χ1) is 9.40. The first kappa shape index (κ1) is 18.9. The van der Waals surface area contributed by atoms with E-state index in [2.05, 4.69) is 26.0 Å². The van der Waals surface area contributed by atoms with E-state index in [0.29, 0.717) is 6.54 Å². The van der Waals surface area contributed by atoms with Crippen LogP contribution in [0.2, 0.25) is 0 Å². The van der Waals surface area contributed by atoms with Gasteiger partial charge >= 0.3 is 0 Å². The Balaban J connectivity index is 0.00000220. The van der Waals surface area contributed by atoms with Crippen LogP contribution in [0.1, 0.15) is 6.92 Å². The molecule has 0 saturated carbocycles. The second kappa shape index (κ2) is 7.89. The number of carbonyl (C=O) groups is 1. The molecule has 0 aliphatic carbocycles. The largest absolute Gasteiger partial charge is 0.336 e. The Bertz CT molecular complexity index is 593. The lowest BCUT2D eigenvalue weighted by molar-refractivity contribution is -0.132. The minimum atomic E-state index is -3.62. The lowest BCUT2D eigenvalue weighted by Crippen LogP contribution is -2.54. The Morgan fingerprint density at radius 3 is 2.86 bits per heavy atom. The van der Waals surface area contributed by atoms with Crippen molar-refractivity contribution in [2.24, 2.45) is 0 Å². The van der Waals surface area contributed by atoms with Gasteiger partial charge in [0.05, 0.1) is 10.3 Å². The first-order valence-electron chi connectivity index (χ1n) is 6.15. The molecule has 2 rings (SSSR count). The topological polar surface area (TPSA) is 78.5 Å². The highest BCUT2D eigenvalue weighted by Gasteiger charge is 2.25. The third-order valence-electron chi connectivity index (χ3n) is 3.05. The molecule has 6 nitrogen and oxygen atoms in total. The summed E-state index contributed by atoms with van der Waals surface area (Å²) in [6.07, 6.45) is 0. The van der Waals surface area contributed by atoms with E-state index < -0.39 is 10.0 Å². The maximum Gasteiger partial charge on any atom is 0.250 e.